The number of halogens is 1. The Hall–Kier alpha value is -0.960. The zero-order valence-electron chi connectivity index (χ0n) is 12.0. The number of carboxylic acid groups (broad SMARTS) is 1. The third-order valence-corrected chi connectivity index (χ3v) is 5.47. The quantitative estimate of drug-likeness (QED) is 0.699. The van der Waals surface area contributed by atoms with Crippen molar-refractivity contribution in [1.82, 2.24) is 4.72 Å². The second kappa shape index (κ2) is 6.43. The molecular formula is C13H18BrNO5S. The number of hydrogen-bond donors (Lipinski definition) is 3. The number of sulfonamides is 1. The predicted molar refractivity (Wildman–Crippen MR) is 81.9 cm³/mol. The van der Waals surface area contributed by atoms with E-state index in [0.717, 1.165) is 6.07 Å². The molecule has 0 radical (unpaired) electrons. The molecule has 0 aliphatic carbocycles. The molecule has 8 heteroatoms. The number of hydrogen-bond acceptors (Lipinski definition) is 4. The molecule has 0 saturated heterocycles. The maximum atomic E-state index is 12.2. The number of rotatable bonds is 6. The topological polar surface area (TPSA) is 104 Å². The maximum Gasteiger partial charge on any atom is 0.336 e. The first kappa shape index (κ1) is 18.1. The van der Waals surface area contributed by atoms with Gasteiger partial charge in [-0.15, -0.1) is 0 Å². The van der Waals surface area contributed by atoms with Gasteiger partial charge in [0.1, 0.15) is 0 Å². The molecule has 0 amide bonds. The third-order valence-electron chi connectivity index (χ3n) is 3.26. The Morgan fingerprint density at radius 2 is 2.00 bits per heavy atom. The third kappa shape index (κ3) is 4.50. The summed E-state index contributed by atoms with van der Waals surface area (Å²) in [5.74, 6) is -1.20. The molecule has 1 aromatic carbocycles. The van der Waals surface area contributed by atoms with Gasteiger partial charge in [0.05, 0.1) is 16.1 Å². The first-order chi connectivity index (χ1) is 9.50. The first-order valence-corrected chi connectivity index (χ1v) is 8.53. The normalized spacial score (nSPS) is 14.7. The minimum Gasteiger partial charge on any atom is -0.478 e. The van der Waals surface area contributed by atoms with Crippen molar-refractivity contribution in [1.29, 1.82) is 0 Å². The van der Waals surface area contributed by atoms with Crippen LogP contribution in [0.4, 0.5) is 0 Å². The lowest BCUT2D eigenvalue weighted by Gasteiger charge is -2.21. The molecule has 1 aromatic rings. The number of benzene rings is 1. The van der Waals surface area contributed by atoms with E-state index >= 15 is 0 Å². The monoisotopic (exact) mass is 379 g/mol. The van der Waals surface area contributed by atoms with Crippen LogP contribution in [0.2, 0.25) is 0 Å². The molecule has 0 fully saturated rings. The average Bonchev–Trinajstić information content (AvgIpc) is 2.39. The molecule has 1 atom stereocenters. The number of carboxylic acids is 1. The summed E-state index contributed by atoms with van der Waals surface area (Å²) < 4.78 is 27.1. The Kier molecular flexibility index (Phi) is 5.54. The summed E-state index contributed by atoms with van der Waals surface area (Å²) in [7, 11) is -3.90. The van der Waals surface area contributed by atoms with E-state index in [0.29, 0.717) is 16.5 Å². The predicted octanol–water partition coefficient (Wildman–Crippen LogP) is 1.90. The van der Waals surface area contributed by atoms with E-state index in [-0.39, 0.29) is 17.0 Å². The van der Waals surface area contributed by atoms with Crippen LogP contribution in [-0.2, 0) is 10.0 Å². The smallest absolute Gasteiger partial charge is 0.336 e. The Morgan fingerprint density at radius 1 is 1.43 bits per heavy atom. The second-order valence-electron chi connectivity index (χ2n) is 5.06. The van der Waals surface area contributed by atoms with Crippen molar-refractivity contribution in [3.63, 3.8) is 0 Å². The summed E-state index contributed by atoms with van der Waals surface area (Å²) in [6, 6.07) is 2.44. The Morgan fingerprint density at radius 3 is 2.48 bits per heavy atom. The van der Waals surface area contributed by atoms with Gasteiger partial charge in [-0.25, -0.2) is 17.9 Å². The van der Waals surface area contributed by atoms with Crippen molar-refractivity contribution in [3.05, 3.63) is 27.7 Å². The van der Waals surface area contributed by atoms with Crippen molar-refractivity contribution in [3.8, 4) is 0 Å². The zero-order chi connectivity index (χ0) is 16.4. The Labute approximate surface area is 132 Å². The highest BCUT2D eigenvalue weighted by molar-refractivity contribution is 9.10. The Bertz CT molecular complexity index is 655. The van der Waals surface area contributed by atoms with Gasteiger partial charge in [-0.1, -0.05) is 22.9 Å². The summed E-state index contributed by atoms with van der Waals surface area (Å²) >= 11 is 3.16. The van der Waals surface area contributed by atoms with E-state index in [4.69, 9.17) is 5.11 Å². The van der Waals surface area contributed by atoms with Crippen LogP contribution in [0.5, 0.6) is 0 Å². The Balaban J connectivity index is 3.18. The van der Waals surface area contributed by atoms with Crippen molar-refractivity contribution in [2.24, 2.45) is 0 Å². The van der Waals surface area contributed by atoms with Gasteiger partial charge >= 0.3 is 5.97 Å². The lowest BCUT2D eigenvalue weighted by molar-refractivity contribution is 0.0613. The molecule has 0 aliphatic rings. The van der Waals surface area contributed by atoms with E-state index in [1.165, 1.54) is 13.0 Å². The van der Waals surface area contributed by atoms with Gasteiger partial charge in [0.2, 0.25) is 10.0 Å². The fraction of sp³-hybridized carbons (Fsp3) is 0.462. The lowest BCUT2D eigenvalue weighted by Crippen LogP contribution is -2.40. The number of nitrogens with one attached hydrogen (secondary N) is 1. The molecular weight excluding hydrogens is 362 g/mol. The van der Waals surface area contributed by atoms with Gasteiger partial charge in [0.15, 0.2) is 0 Å². The minimum atomic E-state index is -3.90. The fourth-order valence-corrected chi connectivity index (χ4v) is 3.32. The standard InChI is InChI=1S/C13H18BrNO5S/c1-4-13(3,18)7-15-21(19,20)9-5-10(12(16)17)8(2)11(14)6-9/h5-6,15,18H,4,7H2,1-3H3,(H,16,17). The van der Waals surface area contributed by atoms with Crippen molar-refractivity contribution >= 4 is 31.9 Å². The van der Waals surface area contributed by atoms with Gasteiger partial charge in [-0.05, 0) is 38.0 Å². The van der Waals surface area contributed by atoms with Crippen LogP contribution in [0, 0.1) is 6.92 Å². The molecule has 0 aliphatic heterocycles. The fourth-order valence-electron chi connectivity index (χ4n) is 1.49. The molecule has 118 valence electrons. The zero-order valence-corrected chi connectivity index (χ0v) is 14.4. The summed E-state index contributed by atoms with van der Waals surface area (Å²) in [6.07, 6.45) is 0.382. The van der Waals surface area contributed by atoms with E-state index in [9.17, 15) is 18.3 Å². The number of aliphatic hydroxyl groups is 1. The van der Waals surface area contributed by atoms with Crippen LogP contribution in [0.25, 0.3) is 0 Å². The summed E-state index contributed by atoms with van der Waals surface area (Å²) in [5, 5.41) is 18.9. The lowest BCUT2D eigenvalue weighted by atomic mass is 10.1. The minimum absolute atomic E-state index is 0.0907. The van der Waals surface area contributed by atoms with Crippen molar-refractivity contribution < 1.29 is 23.4 Å². The van der Waals surface area contributed by atoms with E-state index in [1.54, 1.807) is 13.8 Å². The number of aromatic carboxylic acids is 1. The van der Waals surface area contributed by atoms with Crippen molar-refractivity contribution in [2.75, 3.05) is 6.54 Å². The molecule has 6 nitrogen and oxygen atoms in total. The molecule has 0 aromatic heterocycles. The molecule has 1 unspecified atom stereocenters. The van der Waals surface area contributed by atoms with Gasteiger partial charge in [0, 0.05) is 11.0 Å². The average molecular weight is 380 g/mol. The van der Waals surface area contributed by atoms with Crippen LogP contribution in [0.1, 0.15) is 36.2 Å². The van der Waals surface area contributed by atoms with Gasteiger partial charge < -0.3 is 10.2 Å². The molecule has 0 bridgehead atoms. The highest BCUT2D eigenvalue weighted by atomic mass is 79.9. The highest BCUT2D eigenvalue weighted by Crippen LogP contribution is 2.25. The molecule has 0 saturated carbocycles. The first-order valence-electron chi connectivity index (χ1n) is 6.25. The van der Waals surface area contributed by atoms with Crippen LogP contribution in [0.15, 0.2) is 21.5 Å². The van der Waals surface area contributed by atoms with Crippen molar-refractivity contribution in [2.45, 2.75) is 37.7 Å². The summed E-state index contributed by atoms with van der Waals surface area (Å²) in [5.41, 5.74) is -0.807. The van der Waals surface area contributed by atoms with E-state index in [2.05, 4.69) is 20.7 Å². The highest BCUT2D eigenvalue weighted by Gasteiger charge is 2.24. The van der Waals surface area contributed by atoms with Crippen LogP contribution in [0.3, 0.4) is 0 Å². The van der Waals surface area contributed by atoms with Crippen LogP contribution in [-0.4, -0.2) is 36.7 Å². The molecule has 0 heterocycles. The van der Waals surface area contributed by atoms with Gasteiger partial charge in [-0.3, -0.25) is 0 Å². The van der Waals surface area contributed by atoms with E-state index in [1.807, 2.05) is 0 Å². The second-order valence-corrected chi connectivity index (χ2v) is 7.68. The SMILES string of the molecule is CCC(C)(O)CNS(=O)(=O)c1cc(Br)c(C)c(C(=O)O)c1. The van der Waals surface area contributed by atoms with Crippen LogP contribution < -0.4 is 4.72 Å². The maximum absolute atomic E-state index is 12.2. The molecule has 1 rings (SSSR count). The van der Waals surface area contributed by atoms with Gasteiger partial charge in [0.25, 0.3) is 0 Å². The molecule has 21 heavy (non-hydrogen) atoms. The summed E-state index contributed by atoms with van der Waals surface area (Å²) in [4.78, 5) is 11.0. The van der Waals surface area contributed by atoms with Gasteiger partial charge in [-0.2, -0.15) is 0 Å². The molecule has 3 N–H and O–H groups in total. The number of carbonyl (C=O) groups is 1. The van der Waals surface area contributed by atoms with Crippen LogP contribution >= 0.6 is 15.9 Å². The van der Waals surface area contributed by atoms with E-state index < -0.39 is 21.6 Å². The molecule has 0 spiro atoms. The largest absolute Gasteiger partial charge is 0.478 e. The summed E-state index contributed by atoms with van der Waals surface area (Å²) in [6.45, 7) is 4.68.